The van der Waals surface area contributed by atoms with E-state index in [2.05, 4.69) is 5.32 Å². The number of benzene rings is 2. The molecule has 2 aromatic rings. The van der Waals surface area contributed by atoms with Crippen LogP contribution in [0.25, 0.3) is 0 Å². The van der Waals surface area contributed by atoms with Crippen LogP contribution in [0.5, 0.6) is 11.5 Å². The van der Waals surface area contributed by atoms with E-state index in [4.69, 9.17) is 9.47 Å². The van der Waals surface area contributed by atoms with Crippen LogP contribution < -0.4 is 19.7 Å². The summed E-state index contributed by atoms with van der Waals surface area (Å²) in [5.74, 6) is 0.134. The second-order valence-electron chi connectivity index (χ2n) is 8.72. The molecule has 0 saturated heterocycles. The summed E-state index contributed by atoms with van der Waals surface area (Å²) in [6, 6.07) is 12.3. The molecule has 2 aromatic carbocycles. The van der Waals surface area contributed by atoms with E-state index in [0.717, 1.165) is 29.3 Å². The third-order valence-electron chi connectivity index (χ3n) is 6.25. The highest BCUT2D eigenvalue weighted by Gasteiger charge is 2.44. The third-order valence-corrected chi connectivity index (χ3v) is 6.25. The van der Waals surface area contributed by atoms with Crippen LogP contribution in [0.1, 0.15) is 36.3 Å². The number of nitrogens with zero attached hydrogens (tertiary/aromatic N) is 1. The first kappa shape index (κ1) is 21.1. The molecular weight excluding hydrogens is 421 g/mol. The van der Waals surface area contributed by atoms with Crippen LogP contribution in [0.4, 0.5) is 18.9 Å². The van der Waals surface area contributed by atoms with Gasteiger partial charge in [0.25, 0.3) is 0 Å². The first-order valence-electron chi connectivity index (χ1n) is 11.0. The van der Waals surface area contributed by atoms with Gasteiger partial charge in [-0.25, -0.2) is 0 Å². The molecule has 2 aliphatic carbocycles. The summed E-state index contributed by atoms with van der Waals surface area (Å²) in [5.41, 5.74) is 1.75. The highest BCUT2D eigenvalue weighted by atomic mass is 19.4. The number of para-hydroxylation sites is 1. The molecule has 32 heavy (non-hydrogen) atoms. The number of nitrogens with one attached hydrogen (secondary N) is 1. The molecule has 2 unspecified atom stereocenters. The van der Waals surface area contributed by atoms with Gasteiger partial charge in [-0.15, -0.1) is 0 Å². The number of hydrogen-bond donors (Lipinski definition) is 1. The lowest BCUT2D eigenvalue weighted by Crippen LogP contribution is -2.41. The van der Waals surface area contributed by atoms with Gasteiger partial charge in [0.15, 0.2) is 11.5 Å². The maximum atomic E-state index is 13.4. The molecule has 2 fully saturated rings. The smallest absolute Gasteiger partial charge is 0.471 e. The molecule has 2 saturated carbocycles. The molecule has 2 atom stereocenters. The van der Waals surface area contributed by atoms with Crippen molar-refractivity contribution in [1.29, 1.82) is 0 Å². The van der Waals surface area contributed by atoms with Crippen molar-refractivity contribution in [3.63, 3.8) is 0 Å². The van der Waals surface area contributed by atoms with Gasteiger partial charge < -0.3 is 19.7 Å². The van der Waals surface area contributed by atoms with Crippen molar-refractivity contribution in [3.8, 4) is 11.5 Å². The van der Waals surface area contributed by atoms with Crippen molar-refractivity contribution < 1.29 is 27.4 Å². The highest BCUT2D eigenvalue weighted by Crippen LogP contribution is 2.42. The minimum atomic E-state index is -4.99. The lowest BCUT2D eigenvalue weighted by atomic mass is 10.1. The molecule has 0 radical (unpaired) electrons. The molecule has 0 aromatic heterocycles. The Bertz CT molecular complexity index is 989. The van der Waals surface area contributed by atoms with Gasteiger partial charge in [-0.3, -0.25) is 4.79 Å². The van der Waals surface area contributed by atoms with Gasteiger partial charge in [-0.05, 0) is 55.5 Å². The largest absolute Gasteiger partial charge is 0.486 e. The fourth-order valence-electron chi connectivity index (χ4n) is 4.19. The highest BCUT2D eigenvalue weighted by molar-refractivity contribution is 5.97. The predicted molar refractivity (Wildman–Crippen MR) is 113 cm³/mol. The van der Waals surface area contributed by atoms with Gasteiger partial charge >= 0.3 is 12.1 Å². The van der Waals surface area contributed by atoms with Gasteiger partial charge in [0, 0.05) is 23.2 Å². The third kappa shape index (κ3) is 4.55. The van der Waals surface area contributed by atoms with E-state index in [0.29, 0.717) is 42.2 Å². The average Bonchev–Trinajstić information content (AvgIpc) is 3.70. The molecule has 170 valence electrons. The van der Waals surface area contributed by atoms with E-state index in [9.17, 15) is 18.0 Å². The summed E-state index contributed by atoms with van der Waals surface area (Å²) in [7, 11) is 0. The maximum absolute atomic E-state index is 13.4. The maximum Gasteiger partial charge on any atom is 0.471 e. The lowest BCUT2D eigenvalue weighted by Gasteiger charge is -2.27. The fourth-order valence-corrected chi connectivity index (χ4v) is 4.19. The Morgan fingerprint density at radius 1 is 1.06 bits per heavy atom. The minimum Gasteiger partial charge on any atom is -0.486 e. The molecule has 5 nitrogen and oxygen atoms in total. The zero-order valence-corrected chi connectivity index (χ0v) is 17.5. The molecular formula is C24H25F3N2O3. The Labute approximate surface area is 184 Å². The van der Waals surface area contributed by atoms with E-state index in [-0.39, 0.29) is 12.2 Å². The van der Waals surface area contributed by atoms with E-state index in [1.54, 1.807) is 30.3 Å². The van der Waals surface area contributed by atoms with Crippen LogP contribution in [0.2, 0.25) is 0 Å². The first-order valence-corrected chi connectivity index (χ1v) is 11.0. The van der Waals surface area contributed by atoms with E-state index < -0.39 is 12.1 Å². The minimum absolute atomic E-state index is 0.202. The van der Waals surface area contributed by atoms with Crippen LogP contribution >= 0.6 is 0 Å². The van der Waals surface area contributed by atoms with Gasteiger partial charge in [0.1, 0.15) is 13.2 Å². The number of amides is 1. The van der Waals surface area contributed by atoms with Gasteiger partial charge in [-0.1, -0.05) is 24.3 Å². The summed E-state index contributed by atoms with van der Waals surface area (Å²) in [6.45, 7) is 1.46. The summed E-state index contributed by atoms with van der Waals surface area (Å²) in [4.78, 5) is 13.1. The molecule has 1 amide bonds. The van der Waals surface area contributed by atoms with E-state index in [1.165, 1.54) is 12.8 Å². The molecule has 3 aliphatic rings. The fraction of sp³-hybridized carbons (Fsp3) is 0.458. The zero-order chi connectivity index (χ0) is 22.3. The molecule has 5 rings (SSSR count). The van der Waals surface area contributed by atoms with E-state index >= 15 is 0 Å². The monoisotopic (exact) mass is 446 g/mol. The number of alkyl halides is 3. The summed E-state index contributed by atoms with van der Waals surface area (Å²) in [5, 5.41) is 3.57. The lowest BCUT2D eigenvalue weighted by molar-refractivity contribution is -0.170. The van der Waals surface area contributed by atoms with Crippen LogP contribution in [-0.2, 0) is 11.3 Å². The number of fused-ring (bicyclic) bond motifs is 1. The second kappa shape index (κ2) is 8.31. The van der Waals surface area contributed by atoms with Crippen LogP contribution in [-0.4, -0.2) is 37.9 Å². The number of rotatable bonds is 7. The number of halogens is 3. The van der Waals surface area contributed by atoms with Crippen molar-refractivity contribution in [3.05, 3.63) is 53.6 Å². The number of carbonyl (C=O) groups is 1. The Morgan fingerprint density at radius 2 is 1.81 bits per heavy atom. The van der Waals surface area contributed by atoms with Gasteiger partial charge in [0.2, 0.25) is 0 Å². The van der Waals surface area contributed by atoms with Crippen molar-refractivity contribution in [1.82, 2.24) is 5.32 Å². The van der Waals surface area contributed by atoms with Crippen molar-refractivity contribution in [2.24, 2.45) is 5.92 Å². The van der Waals surface area contributed by atoms with Crippen molar-refractivity contribution in [2.75, 3.05) is 24.7 Å². The number of ether oxygens (including phenoxy) is 2. The molecule has 0 spiro atoms. The Morgan fingerprint density at radius 3 is 2.53 bits per heavy atom. The Hall–Kier alpha value is -2.74. The quantitative estimate of drug-likeness (QED) is 0.685. The molecule has 1 heterocycles. The Balaban J connectivity index is 1.35. The van der Waals surface area contributed by atoms with Crippen LogP contribution in [0, 0.1) is 5.92 Å². The SMILES string of the molecule is O=C(N(Cc1cccc2c1OCCO2)c1ccc(C2CC2NCC2CC2)cc1)C(F)(F)F. The number of carbonyl (C=O) groups excluding carboxylic acids is 1. The molecule has 8 heteroatoms. The molecule has 1 aliphatic heterocycles. The molecule has 1 N–H and O–H groups in total. The van der Waals surface area contributed by atoms with Crippen molar-refractivity contribution in [2.45, 2.75) is 43.9 Å². The van der Waals surface area contributed by atoms with Crippen LogP contribution in [0.15, 0.2) is 42.5 Å². The average molecular weight is 446 g/mol. The second-order valence-corrected chi connectivity index (χ2v) is 8.72. The number of anilines is 1. The molecule has 0 bridgehead atoms. The Kier molecular flexibility index (Phi) is 5.49. The summed E-state index contributed by atoms with van der Waals surface area (Å²) < 4.78 is 51.3. The summed E-state index contributed by atoms with van der Waals surface area (Å²) >= 11 is 0. The van der Waals surface area contributed by atoms with E-state index in [1.807, 2.05) is 12.1 Å². The topological polar surface area (TPSA) is 50.8 Å². The predicted octanol–water partition coefficient (Wildman–Crippen LogP) is 4.41. The normalized spacial score (nSPS) is 21.8. The number of hydrogen-bond acceptors (Lipinski definition) is 4. The van der Waals surface area contributed by atoms with Crippen molar-refractivity contribution >= 4 is 11.6 Å². The summed E-state index contributed by atoms with van der Waals surface area (Å²) in [6.07, 6.45) is -1.36. The standard InChI is InChI=1S/C24H25F3N2O3/c25-24(26,27)23(30)29(14-17-2-1-3-21-22(17)32-11-10-31-21)18-8-6-16(7-9-18)19-12-20(19)28-13-15-4-5-15/h1-3,6-9,15,19-20,28H,4-5,10-14H2. The van der Waals surface area contributed by atoms with Crippen LogP contribution in [0.3, 0.4) is 0 Å². The zero-order valence-electron chi connectivity index (χ0n) is 17.5. The first-order chi connectivity index (χ1) is 15.4. The van der Waals surface area contributed by atoms with Gasteiger partial charge in [0.05, 0.1) is 6.54 Å². The van der Waals surface area contributed by atoms with Gasteiger partial charge in [-0.2, -0.15) is 13.2 Å².